The minimum atomic E-state index is -0.111. The second-order valence-electron chi connectivity index (χ2n) is 6.91. The van der Waals surface area contributed by atoms with Gasteiger partial charge in [-0.1, -0.05) is 37.3 Å². The number of fused-ring (bicyclic) bond motifs is 1. The number of aromatic hydroxyl groups is 1. The molecule has 5 nitrogen and oxygen atoms in total. The third-order valence-electron chi connectivity index (χ3n) is 4.71. The van der Waals surface area contributed by atoms with Gasteiger partial charge in [0.25, 0.3) is 0 Å². The van der Waals surface area contributed by atoms with Gasteiger partial charge in [0.1, 0.15) is 28.7 Å². The Morgan fingerprint density at radius 1 is 1.00 bits per heavy atom. The van der Waals surface area contributed by atoms with Crippen LogP contribution in [-0.2, 0) is 0 Å². The van der Waals surface area contributed by atoms with Crippen LogP contribution in [-0.4, -0.2) is 30.6 Å². The summed E-state index contributed by atoms with van der Waals surface area (Å²) in [6.07, 6.45) is 0. The zero-order chi connectivity index (χ0) is 21.6. The van der Waals surface area contributed by atoms with Gasteiger partial charge in [-0.15, -0.1) is 11.3 Å². The molecular weight excluding hydrogens is 410 g/mol. The van der Waals surface area contributed by atoms with Gasteiger partial charge in [0.05, 0.1) is 0 Å². The van der Waals surface area contributed by atoms with Gasteiger partial charge in [0.15, 0.2) is 5.75 Å². The highest BCUT2D eigenvalue weighted by Crippen LogP contribution is 2.42. The van der Waals surface area contributed by atoms with Crippen LogP contribution in [0.4, 0.5) is 0 Å². The minimum absolute atomic E-state index is 0.111. The number of ketones is 1. The monoisotopic (exact) mass is 433 g/mol. The first kappa shape index (κ1) is 20.9. The number of nitrogens with one attached hydrogen (secondary N) is 1. The van der Waals surface area contributed by atoms with E-state index in [-0.39, 0.29) is 11.5 Å². The van der Waals surface area contributed by atoms with Crippen molar-refractivity contribution in [1.82, 2.24) is 5.32 Å². The van der Waals surface area contributed by atoms with E-state index in [0.717, 1.165) is 28.9 Å². The van der Waals surface area contributed by atoms with E-state index in [1.807, 2.05) is 42.5 Å². The molecule has 0 bridgehead atoms. The molecule has 158 valence electrons. The van der Waals surface area contributed by atoms with E-state index >= 15 is 0 Å². The maximum absolute atomic E-state index is 13.2. The van der Waals surface area contributed by atoms with Gasteiger partial charge >= 0.3 is 0 Å². The number of phenols is 1. The molecule has 0 aliphatic carbocycles. The highest BCUT2D eigenvalue weighted by molar-refractivity contribution is 7.21. The topological polar surface area (TPSA) is 67.8 Å². The third-order valence-corrected chi connectivity index (χ3v) is 5.84. The quantitative estimate of drug-likeness (QED) is 0.265. The van der Waals surface area contributed by atoms with E-state index in [9.17, 15) is 9.90 Å². The van der Waals surface area contributed by atoms with Gasteiger partial charge in [-0.05, 0) is 49.0 Å². The van der Waals surface area contributed by atoms with Crippen molar-refractivity contribution in [3.8, 4) is 23.0 Å². The summed E-state index contributed by atoms with van der Waals surface area (Å²) in [6.45, 7) is 4.33. The smallest absolute Gasteiger partial charge is 0.206 e. The Balaban J connectivity index is 1.62. The SMILES string of the molecule is CCNCCOc1ccc(Oc2c(C(=O)c3ccccc3)sc3cc(O)ccc23)cc1. The van der Waals surface area contributed by atoms with Crippen LogP contribution in [0.5, 0.6) is 23.0 Å². The van der Waals surface area contributed by atoms with Crippen molar-refractivity contribution in [3.05, 3.63) is 83.2 Å². The normalized spacial score (nSPS) is 10.9. The van der Waals surface area contributed by atoms with Crippen LogP contribution in [0.3, 0.4) is 0 Å². The molecule has 4 rings (SSSR count). The van der Waals surface area contributed by atoms with Crippen LogP contribution >= 0.6 is 11.3 Å². The first-order valence-electron chi connectivity index (χ1n) is 10.1. The second kappa shape index (κ2) is 9.64. The van der Waals surface area contributed by atoms with E-state index in [0.29, 0.717) is 28.5 Å². The summed E-state index contributed by atoms with van der Waals surface area (Å²) in [5, 5.41) is 13.9. The fraction of sp³-hybridized carbons (Fsp3) is 0.160. The lowest BCUT2D eigenvalue weighted by atomic mass is 10.1. The number of phenolic OH excluding ortho intramolecular Hbond substituents is 1. The van der Waals surface area contributed by atoms with Gasteiger partial charge in [-0.25, -0.2) is 0 Å². The first-order valence-corrected chi connectivity index (χ1v) is 10.9. The average Bonchev–Trinajstić information content (AvgIpc) is 3.15. The number of ether oxygens (including phenoxy) is 2. The van der Waals surface area contributed by atoms with Crippen LogP contribution in [0, 0.1) is 0 Å². The number of carbonyl (C=O) groups is 1. The molecule has 0 spiro atoms. The number of hydrogen-bond acceptors (Lipinski definition) is 6. The van der Waals surface area contributed by atoms with Crippen molar-refractivity contribution in [1.29, 1.82) is 0 Å². The molecular formula is C25H23NO4S. The lowest BCUT2D eigenvalue weighted by Gasteiger charge is -2.10. The summed E-state index contributed by atoms with van der Waals surface area (Å²) in [7, 11) is 0. The van der Waals surface area contributed by atoms with Crippen LogP contribution < -0.4 is 14.8 Å². The Morgan fingerprint density at radius 3 is 2.48 bits per heavy atom. The molecule has 0 amide bonds. The minimum Gasteiger partial charge on any atom is -0.508 e. The third kappa shape index (κ3) is 4.87. The Hall–Kier alpha value is -3.35. The largest absolute Gasteiger partial charge is 0.508 e. The summed E-state index contributed by atoms with van der Waals surface area (Å²) in [6, 6.07) is 21.5. The molecule has 1 heterocycles. The molecule has 6 heteroatoms. The molecule has 0 saturated heterocycles. The number of hydrogen-bond donors (Lipinski definition) is 2. The van der Waals surface area contributed by atoms with E-state index in [1.54, 1.807) is 30.3 Å². The maximum atomic E-state index is 13.2. The van der Waals surface area contributed by atoms with Crippen LogP contribution in [0.2, 0.25) is 0 Å². The van der Waals surface area contributed by atoms with Crippen molar-refractivity contribution in [3.63, 3.8) is 0 Å². The molecule has 0 unspecified atom stereocenters. The molecule has 0 aliphatic rings. The highest BCUT2D eigenvalue weighted by Gasteiger charge is 2.22. The zero-order valence-electron chi connectivity index (χ0n) is 17.1. The standard InChI is InChI=1S/C25H23NO4S/c1-2-26-14-15-29-19-9-11-20(12-10-19)30-24-21-13-8-18(27)16-22(21)31-25(24)23(28)17-6-4-3-5-7-17/h3-13,16,26-27H,2,14-15H2,1H3. The Morgan fingerprint density at radius 2 is 1.74 bits per heavy atom. The van der Waals surface area contributed by atoms with E-state index in [1.165, 1.54) is 11.3 Å². The summed E-state index contributed by atoms with van der Waals surface area (Å²) in [5.41, 5.74) is 0.590. The van der Waals surface area contributed by atoms with Gasteiger partial charge in [-0.2, -0.15) is 0 Å². The lowest BCUT2D eigenvalue weighted by molar-refractivity contribution is 0.104. The van der Waals surface area contributed by atoms with E-state index in [2.05, 4.69) is 12.2 Å². The van der Waals surface area contributed by atoms with E-state index in [4.69, 9.17) is 9.47 Å². The summed E-state index contributed by atoms with van der Waals surface area (Å²) in [5.74, 6) is 1.90. The number of thiophene rings is 1. The van der Waals surface area contributed by atoms with Crippen molar-refractivity contribution in [2.45, 2.75) is 6.92 Å². The number of carbonyl (C=O) groups excluding carboxylic acids is 1. The van der Waals surface area contributed by atoms with Crippen LogP contribution in [0.25, 0.3) is 10.1 Å². The number of rotatable bonds is 9. The molecule has 31 heavy (non-hydrogen) atoms. The van der Waals surface area contributed by atoms with Crippen LogP contribution in [0.15, 0.2) is 72.8 Å². The summed E-state index contributed by atoms with van der Waals surface area (Å²) >= 11 is 1.31. The molecule has 0 aliphatic heterocycles. The Kier molecular flexibility index (Phi) is 6.50. The van der Waals surface area contributed by atoms with Gasteiger partial charge in [-0.3, -0.25) is 4.79 Å². The molecule has 0 saturated carbocycles. The van der Waals surface area contributed by atoms with Gasteiger partial charge in [0, 0.05) is 22.2 Å². The van der Waals surface area contributed by atoms with Crippen molar-refractivity contribution >= 4 is 27.2 Å². The second-order valence-corrected chi connectivity index (χ2v) is 7.96. The number of benzene rings is 3. The zero-order valence-corrected chi connectivity index (χ0v) is 17.9. The summed E-state index contributed by atoms with van der Waals surface area (Å²) in [4.78, 5) is 13.7. The first-order chi connectivity index (χ1) is 15.2. The summed E-state index contributed by atoms with van der Waals surface area (Å²) < 4.78 is 12.7. The molecule has 3 aromatic carbocycles. The fourth-order valence-corrected chi connectivity index (χ4v) is 4.30. The lowest BCUT2D eigenvalue weighted by Crippen LogP contribution is -2.20. The van der Waals surface area contributed by atoms with Gasteiger partial charge < -0.3 is 19.9 Å². The molecule has 0 atom stereocenters. The average molecular weight is 434 g/mol. The molecule has 4 aromatic rings. The highest BCUT2D eigenvalue weighted by atomic mass is 32.1. The molecule has 0 fully saturated rings. The Labute approximate surface area is 184 Å². The van der Waals surface area contributed by atoms with Crippen molar-refractivity contribution in [2.75, 3.05) is 19.7 Å². The van der Waals surface area contributed by atoms with Crippen molar-refractivity contribution < 1.29 is 19.4 Å². The van der Waals surface area contributed by atoms with E-state index < -0.39 is 0 Å². The fourth-order valence-electron chi connectivity index (χ4n) is 3.17. The molecule has 1 aromatic heterocycles. The number of likely N-dealkylation sites (N-methyl/N-ethyl adjacent to an activating group) is 1. The predicted molar refractivity (Wildman–Crippen MR) is 124 cm³/mol. The maximum Gasteiger partial charge on any atom is 0.206 e. The van der Waals surface area contributed by atoms with Gasteiger partial charge in [0.2, 0.25) is 5.78 Å². The molecule has 2 N–H and O–H groups in total. The Bertz CT molecular complexity index is 1170. The van der Waals surface area contributed by atoms with Crippen molar-refractivity contribution in [2.24, 2.45) is 0 Å². The predicted octanol–water partition coefficient (Wildman–Crippen LogP) is 5.62. The molecule has 0 radical (unpaired) electrons. The van der Waals surface area contributed by atoms with Crippen LogP contribution in [0.1, 0.15) is 22.2 Å².